The van der Waals surface area contributed by atoms with Crippen LogP contribution >= 0.6 is 11.6 Å². The summed E-state index contributed by atoms with van der Waals surface area (Å²) >= 11 is 6.19. The fraction of sp³-hybridized carbons (Fsp3) is 0.350. The third kappa shape index (κ3) is 5.60. The molecule has 0 unspecified atom stereocenters. The van der Waals surface area contributed by atoms with Crippen LogP contribution in [0.25, 0.3) is 0 Å². The molecule has 10 nitrogen and oxygen atoms in total. The number of amides is 3. The first kappa shape index (κ1) is 26.5. The number of aromatic nitrogens is 1. The lowest BCUT2D eigenvalue weighted by Gasteiger charge is -2.32. The van der Waals surface area contributed by atoms with Gasteiger partial charge in [-0.1, -0.05) is 11.6 Å². The smallest absolute Gasteiger partial charge is 0.311 e. The van der Waals surface area contributed by atoms with Crippen molar-refractivity contribution >= 4 is 45.0 Å². The highest BCUT2D eigenvalue weighted by atomic mass is 35.5. The molecule has 1 saturated heterocycles. The Morgan fingerprint density at radius 3 is 2.37 bits per heavy atom. The summed E-state index contributed by atoms with van der Waals surface area (Å²) in [6.07, 6.45) is 1.90. The van der Waals surface area contributed by atoms with Crippen LogP contribution in [0.1, 0.15) is 23.3 Å². The number of rotatable bonds is 5. The molecular weight excluding hydrogens is 515 g/mol. The average Bonchev–Trinajstić information content (AvgIpc) is 3.11. The van der Waals surface area contributed by atoms with Crippen LogP contribution in [-0.4, -0.2) is 61.8 Å². The zero-order valence-electron chi connectivity index (χ0n) is 18.5. The Labute approximate surface area is 203 Å². The number of sulfonamides is 1. The van der Waals surface area contributed by atoms with E-state index in [1.165, 1.54) is 19.0 Å². The van der Waals surface area contributed by atoms with Crippen molar-refractivity contribution in [2.24, 2.45) is 7.05 Å². The Kier molecular flexibility index (Phi) is 7.77. The molecule has 1 fully saturated rings. The van der Waals surface area contributed by atoms with Crippen molar-refractivity contribution in [3.05, 3.63) is 46.5 Å². The molecule has 3 N–H and O–H groups in total. The number of hydrogen-bond donors (Lipinski definition) is 3. The van der Waals surface area contributed by atoms with Crippen LogP contribution in [0.15, 0.2) is 23.2 Å². The van der Waals surface area contributed by atoms with Crippen molar-refractivity contribution in [1.82, 2.24) is 19.5 Å². The van der Waals surface area contributed by atoms with Gasteiger partial charge < -0.3 is 20.1 Å². The van der Waals surface area contributed by atoms with Gasteiger partial charge in [0.1, 0.15) is 10.6 Å². The second kappa shape index (κ2) is 10.3. The van der Waals surface area contributed by atoms with E-state index in [0.717, 1.165) is 10.8 Å². The maximum Gasteiger partial charge on any atom is 0.311 e. The van der Waals surface area contributed by atoms with Gasteiger partial charge in [-0.3, -0.25) is 14.4 Å². The van der Waals surface area contributed by atoms with Crippen LogP contribution in [0.3, 0.4) is 0 Å². The Bertz CT molecular complexity index is 1280. The molecule has 0 saturated carbocycles. The number of nitrogens with one attached hydrogen (secondary N) is 3. The van der Waals surface area contributed by atoms with Gasteiger partial charge >= 0.3 is 11.8 Å². The van der Waals surface area contributed by atoms with Crippen molar-refractivity contribution < 1.29 is 36.0 Å². The van der Waals surface area contributed by atoms with Gasteiger partial charge in [0.15, 0.2) is 17.5 Å². The molecule has 1 aliphatic heterocycles. The van der Waals surface area contributed by atoms with Crippen molar-refractivity contribution in [2.45, 2.75) is 23.8 Å². The van der Waals surface area contributed by atoms with E-state index in [0.29, 0.717) is 25.0 Å². The normalized spacial score (nSPS) is 16.2. The number of halogens is 4. The molecule has 2 aromatic rings. The van der Waals surface area contributed by atoms with E-state index in [1.54, 1.807) is 0 Å². The molecule has 2 heterocycles. The van der Waals surface area contributed by atoms with Gasteiger partial charge in [0.2, 0.25) is 10.0 Å². The average molecular weight is 536 g/mol. The molecule has 1 aromatic carbocycles. The summed E-state index contributed by atoms with van der Waals surface area (Å²) in [4.78, 5) is 37.1. The number of carbonyl (C=O) groups is 3. The van der Waals surface area contributed by atoms with E-state index in [4.69, 9.17) is 11.6 Å². The van der Waals surface area contributed by atoms with Gasteiger partial charge in [-0.25, -0.2) is 26.3 Å². The van der Waals surface area contributed by atoms with Crippen LogP contribution in [0.2, 0.25) is 5.02 Å². The summed E-state index contributed by atoms with van der Waals surface area (Å²) in [5.74, 6) is -7.37. The lowest BCUT2D eigenvalue weighted by molar-refractivity contribution is -0.146. The fourth-order valence-corrected chi connectivity index (χ4v) is 5.59. The van der Waals surface area contributed by atoms with Crippen molar-refractivity contribution in [3.63, 3.8) is 0 Å². The molecule has 0 aliphatic carbocycles. The molecular formula is C20H21ClF3N5O5S. The minimum atomic E-state index is -4.28. The first-order valence-electron chi connectivity index (χ1n) is 10.2. The second-order valence-corrected chi connectivity index (χ2v) is 9.83. The Morgan fingerprint density at radius 1 is 1.14 bits per heavy atom. The third-order valence-corrected chi connectivity index (χ3v) is 7.31. The van der Waals surface area contributed by atoms with Gasteiger partial charge in [0.05, 0.1) is 5.02 Å². The number of anilines is 1. The second-order valence-electron chi connectivity index (χ2n) is 7.77. The molecule has 190 valence electrons. The molecule has 15 heteroatoms. The molecule has 3 amide bonds. The van der Waals surface area contributed by atoms with E-state index in [9.17, 15) is 36.0 Å². The number of aryl methyl sites for hydroxylation is 1. The van der Waals surface area contributed by atoms with E-state index in [1.807, 2.05) is 0 Å². The number of piperidine rings is 1. The van der Waals surface area contributed by atoms with Gasteiger partial charge in [0, 0.05) is 57.2 Å². The van der Waals surface area contributed by atoms with Crippen LogP contribution in [-0.2, 0) is 26.7 Å². The summed E-state index contributed by atoms with van der Waals surface area (Å²) in [6, 6.07) is 0.392. The van der Waals surface area contributed by atoms with Gasteiger partial charge in [-0.15, -0.1) is 0 Å². The molecule has 0 spiro atoms. The zero-order chi connectivity index (χ0) is 26.1. The maximum atomic E-state index is 13.4. The number of benzene rings is 1. The van der Waals surface area contributed by atoms with Crippen LogP contribution in [0.5, 0.6) is 0 Å². The molecule has 0 radical (unpaired) electrons. The van der Waals surface area contributed by atoms with E-state index in [2.05, 4.69) is 15.4 Å². The van der Waals surface area contributed by atoms with Crippen LogP contribution < -0.4 is 15.4 Å². The molecule has 1 aliphatic rings. The van der Waals surface area contributed by atoms with Gasteiger partial charge in [-0.2, -0.15) is 0 Å². The standard InChI is InChI=1S/C20H21ClF3N5O5S/c1-25-19(31)20(32)29-5-3-4-10(8-29)27-35(33,34)14-9-28(2)17(15(14)21)18(30)26-11-6-12(22)16(24)13(23)7-11/h6-7,9-10,27H,3-5,8H2,1-2H3,(H,25,31)(H,26,30)/t10-/m1/s1. The van der Waals surface area contributed by atoms with E-state index < -0.39 is 66.8 Å². The molecule has 35 heavy (non-hydrogen) atoms. The summed E-state index contributed by atoms with van der Waals surface area (Å²) in [5, 5.41) is 3.90. The minimum Gasteiger partial charge on any atom is -0.351 e. The minimum absolute atomic E-state index is 0.0506. The van der Waals surface area contributed by atoms with E-state index in [-0.39, 0.29) is 18.8 Å². The maximum absolute atomic E-state index is 13.4. The Balaban J connectivity index is 1.80. The highest BCUT2D eigenvalue weighted by Crippen LogP contribution is 2.29. The summed E-state index contributed by atoms with van der Waals surface area (Å²) in [5.41, 5.74) is -0.744. The van der Waals surface area contributed by atoms with Crippen molar-refractivity contribution in [3.8, 4) is 0 Å². The number of hydrogen-bond acceptors (Lipinski definition) is 5. The lowest BCUT2D eigenvalue weighted by atomic mass is 10.1. The van der Waals surface area contributed by atoms with Gasteiger partial charge in [-0.05, 0) is 12.8 Å². The summed E-state index contributed by atoms with van der Waals surface area (Å²) < 4.78 is 69.6. The predicted molar refractivity (Wildman–Crippen MR) is 119 cm³/mol. The van der Waals surface area contributed by atoms with Gasteiger partial charge in [0.25, 0.3) is 5.91 Å². The summed E-state index contributed by atoms with van der Waals surface area (Å²) in [7, 11) is -1.65. The number of likely N-dealkylation sites (N-methyl/N-ethyl adjacent to an activating group) is 1. The largest absolute Gasteiger partial charge is 0.351 e. The number of carbonyl (C=O) groups excluding carboxylic acids is 3. The molecule has 1 atom stereocenters. The molecule has 0 bridgehead atoms. The highest BCUT2D eigenvalue weighted by molar-refractivity contribution is 7.89. The summed E-state index contributed by atoms with van der Waals surface area (Å²) in [6.45, 7) is 0.233. The fourth-order valence-electron chi connectivity index (χ4n) is 3.63. The van der Waals surface area contributed by atoms with Crippen LogP contribution in [0.4, 0.5) is 18.9 Å². The van der Waals surface area contributed by atoms with Crippen molar-refractivity contribution in [1.29, 1.82) is 0 Å². The molecule has 1 aromatic heterocycles. The monoisotopic (exact) mass is 535 g/mol. The molecule has 3 rings (SSSR count). The topological polar surface area (TPSA) is 130 Å². The van der Waals surface area contributed by atoms with Crippen molar-refractivity contribution in [2.75, 3.05) is 25.5 Å². The van der Waals surface area contributed by atoms with Crippen LogP contribution in [0, 0.1) is 17.5 Å². The predicted octanol–water partition coefficient (Wildman–Crippen LogP) is 1.36. The highest BCUT2D eigenvalue weighted by Gasteiger charge is 2.33. The first-order valence-corrected chi connectivity index (χ1v) is 12.1. The first-order chi connectivity index (χ1) is 16.4. The quantitative estimate of drug-likeness (QED) is 0.393. The Hall–Kier alpha value is -3.10. The number of likely N-dealkylation sites (tertiary alicyclic amines) is 1. The lowest BCUT2D eigenvalue weighted by Crippen LogP contribution is -2.52. The Morgan fingerprint density at radius 2 is 1.77 bits per heavy atom. The zero-order valence-corrected chi connectivity index (χ0v) is 20.1. The SMILES string of the molecule is CNC(=O)C(=O)N1CCC[C@@H](NS(=O)(=O)c2cn(C)c(C(=O)Nc3cc(F)c(F)c(F)c3)c2Cl)C1. The third-order valence-electron chi connectivity index (χ3n) is 5.29. The number of nitrogens with zero attached hydrogens (tertiary/aromatic N) is 2. The van der Waals surface area contributed by atoms with E-state index >= 15 is 0 Å².